The first-order valence-electron chi connectivity index (χ1n) is 9.93. The molecular weight excluding hydrogens is 435 g/mol. The second kappa shape index (κ2) is 13.7. The Balaban J connectivity index is 0.00000240. The lowest BCUT2D eigenvalue weighted by Crippen LogP contribution is -2.41. The molecule has 0 bridgehead atoms. The Hall–Kier alpha value is -2.54. The molecule has 0 unspecified atom stereocenters. The van der Waals surface area contributed by atoms with Gasteiger partial charge in [0.15, 0.2) is 0 Å². The first kappa shape index (κ1) is 26.5. The highest BCUT2D eigenvalue weighted by Gasteiger charge is 2.15. The molecule has 6 nitrogen and oxygen atoms in total. The van der Waals surface area contributed by atoms with E-state index in [0.29, 0.717) is 19.6 Å². The van der Waals surface area contributed by atoms with Crippen molar-refractivity contribution in [3.05, 3.63) is 83.9 Å². The van der Waals surface area contributed by atoms with Crippen LogP contribution in [0.15, 0.2) is 67.1 Å². The van der Waals surface area contributed by atoms with Crippen LogP contribution in [0.25, 0.3) is 0 Å². The van der Waals surface area contributed by atoms with Crippen LogP contribution in [0.1, 0.15) is 30.2 Å². The number of nitrogens with two attached hydrogens (primary N) is 1. The van der Waals surface area contributed by atoms with E-state index in [0.717, 1.165) is 30.0 Å². The summed E-state index contributed by atoms with van der Waals surface area (Å²) in [6, 6.07) is 17.2. The molecule has 31 heavy (non-hydrogen) atoms. The highest BCUT2D eigenvalue weighted by atomic mass is 35.5. The summed E-state index contributed by atoms with van der Waals surface area (Å²) in [6.07, 6.45) is 5.09. The van der Waals surface area contributed by atoms with Crippen LogP contribution in [0.4, 0.5) is 0 Å². The van der Waals surface area contributed by atoms with Crippen molar-refractivity contribution in [3.8, 4) is 5.75 Å². The maximum atomic E-state index is 12.3. The molecule has 1 aromatic heterocycles. The van der Waals surface area contributed by atoms with E-state index < -0.39 is 6.04 Å². The molecule has 3 rings (SSSR count). The summed E-state index contributed by atoms with van der Waals surface area (Å²) >= 11 is 0. The smallest absolute Gasteiger partial charge is 0.237 e. The van der Waals surface area contributed by atoms with Crippen molar-refractivity contribution in [1.82, 2.24) is 14.9 Å². The van der Waals surface area contributed by atoms with Gasteiger partial charge in [-0.1, -0.05) is 49.4 Å². The lowest BCUT2D eigenvalue weighted by atomic mass is 10.1. The van der Waals surface area contributed by atoms with Gasteiger partial charge in [0.05, 0.1) is 24.7 Å². The Bertz CT molecular complexity index is 901. The summed E-state index contributed by atoms with van der Waals surface area (Å²) in [4.78, 5) is 16.7. The van der Waals surface area contributed by atoms with Crippen LogP contribution in [-0.4, -0.2) is 28.1 Å². The van der Waals surface area contributed by atoms with Crippen molar-refractivity contribution in [2.45, 2.75) is 38.9 Å². The molecule has 0 aliphatic carbocycles. The number of carbonyl (C=O) groups is 1. The van der Waals surface area contributed by atoms with Crippen LogP contribution in [-0.2, 0) is 24.3 Å². The molecule has 0 aliphatic heterocycles. The molecule has 1 heterocycles. The van der Waals surface area contributed by atoms with Crippen molar-refractivity contribution in [2.24, 2.45) is 5.73 Å². The molecule has 0 spiro atoms. The van der Waals surface area contributed by atoms with Crippen LogP contribution in [0.2, 0.25) is 0 Å². The zero-order chi connectivity index (χ0) is 20.5. The number of imidazole rings is 1. The largest absolute Gasteiger partial charge is 0.494 e. The summed E-state index contributed by atoms with van der Waals surface area (Å²) in [5.74, 6) is 0.652. The van der Waals surface area contributed by atoms with Gasteiger partial charge < -0.3 is 20.4 Å². The number of hydrogen-bond donors (Lipinski definition) is 2. The van der Waals surface area contributed by atoms with E-state index in [1.165, 1.54) is 5.56 Å². The van der Waals surface area contributed by atoms with Crippen molar-refractivity contribution in [2.75, 3.05) is 6.61 Å². The monoisotopic (exact) mass is 464 g/mol. The van der Waals surface area contributed by atoms with Crippen LogP contribution in [0.3, 0.4) is 0 Å². The summed E-state index contributed by atoms with van der Waals surface area (Å²) in [5, 5.41) is 2.89. The van der Waals surface area contributed by atoms with Crippen molar-refractivity contribution in [1.29, 1.82) is 0 Å². The number of nitrogens with one attached hydrogen (secondary N) is 1. The molecule has 0 radical (unpaired) electrons. The van der Waals surface area contributed by atoms with E-state index in [-0.39, 0.29) is 30.7 Å². The third-order valence-corrected chi connectivity index (χ3v) is 4.52. The van der Waals surface area contributed by atoms with Crippen molar-refractivity contribution < 1.29 is 9.53 Å². The van der Waals surface area contributed by atoms with Gasteiger partial charge in [0.25, 0.3) is 0 Å². The average molecular weight is 465 g/mol. The van der Waals surface area contributed by atoms with Gasteiger partial charge in [-0.05, 0) is 29.7 Å². The molecule has 168 valence electrons. The Morgan fingerprint density at radius 2 is 1.81 bits per heavy atom. The number of halogens is 2. The number of rotatable bonds is 10. The molecular formula is C23H30Cl2N4O2. The van der Waals surface area contributed by atoms with Gasteiger partial charge >= 0.3 is 0 Å². The van der Waals surface area contributed by atoms with E-state index >= 15 is 0 Å². The fraction of sp³-hybridized carbons (Fsp3) is 0.304. The quantitative estimate of drug-likeness (QED) is 0.478. The van der Waals surface area contributed by atoms with Gasteiger partial charge in [-0.3, -0.25) is 4.79 Å². The molecule has 3 N–H and O–H groups in total. The minimum atomic E-state index is -0.637. The highest BCUT2D eigenvalue weighted by Crippen LogP contribution is 2.12. The molecule has 0 saturated carbocycles. The molecule has 0 fully saturated rings. The third-order valence-electron chi connectivity index (χ3n) is 4.52. The normalized spacial score (nSPS) is 11.0. The Morgan fingerprint density at radius 1 is 1.10 bits per heavy atom. The predicted molar refractivity (Wildman–Crippen MR) is 128 cm³/mol. The van der Waals surface area contributed by atoms with Crippen LogP contribution >= 0.6 is 24.8 Å². The van der Waals surface area contributed by atoms with Gasteiger partial charge in [-0.15, -0.1) is 24.8 Å². The standard InChI is InChI=1S/C23H28N4O2.2ClH/c1-2-12-29-21-10-8-18(9-11-21)14-25-23(28)22(24)13-20-16-27(17-26-20)15-19-6-4-3-5-7-19;;/h3-11,16-17,22H,2,12-15,24H2,1H3,(H,25,28);2*1H/t22-;;/m0../s1. The summed E-state index contributed by atoms with van der Waals surface area (Å²) in [5.41, 5.74) is 9.08. The number of amides is 1. The molecule has 8 heteroatoms. The minimum Gasteiger partial charge on any atom is -0.494 e. The predicted octanol–water partition coefficient (Wildman–Crippen LogP) is 3.75. The molecule has 2 aromatic carbocycles. The summed E-state index contributed by atoms with van der Waals surface area (Å²) in [6.45, 7) is 3.95. The van der Waals surface area contributed by atoms with Gasteiger partial charge in [0.2, 0.25) is 5.91 Å². The molecule has 0 saturated heterocycles. The maximum absolute atomic E-state index is 12.3. The number of aromatic nitrogens is 2. The lowest BCUT2D eigenvalue weighted by molar-refractivity contribution is -0.122. The second-order valence-electron chi connectivity index (χ2n) is 7.04. The van der Waals surface area contributed by atoms with Gasteiger partial charge in [0, 0.05) is 25.7 Å². The van der Waals surface area contributed by atoms with E-state index in [1.807, 2.05) is 53.2 Å². The van der Waals surface area contributed by atoms with Crippen LogP contribution in [0.5, 0.6) is 5.75 Å². The number of benzene rings is 2. The van der Waals surface area contributed by atoms with E-state index in [9.17, 15) is 4.79 Å². The molecule has 0 aliphatic rings. The van der Waals surface area contributed by atoms with Crippen molar-refractivity contribution in [3.63, 3.8) is 0 Å². The topological polar surface area (TPSA) is 82.2 Å². The number of ether oxygens (including phenoxy) is 1. The average Bonchev–Trinajstić information content (AvgIpc) is 3.18. The SMILES string of the molecule is CCCOc1ccc(CNC(=O)[C@@H](N)Cc2cn(Cc3ccccc3)cn2)cc1.Cl.Cl. The lowest BCUT2D eigenvalue weighted by Gasteiger charge is -2.12. The first-order valence-corrected chi connectivity index (χ1v) is 9.93. The van der Waals surface area contributed by atoms with E-state index in [1.54, 1.807) is 6.33 Å². The zero-order valence-electron chi connectivity index (χ0n) is 17.6. The maximum Gasteiger partial charge on any atom is 0.237 e. The number of nitrogens with zero attached hydrogens (tertiary/aromatic N) is 2. The summed E-state index contributed by atoms with van der Waals surface area (Å²) < 4.78 is 7.56. The van der Waals surface area contributed by atoms with Crippen molar-refractivity contribution >= 4 is 30.7 Å². The first-order chi connectivity index (χ1) is 14.1. The van der Waals surface area contributed by atoms with Gasteiger partial charge in [-0.2, -0.15) is 0 Å². The van der Waals surface area contributed by atoms with Gasteiger partial charge in [-0.25, -0.2) is 4.98 Å². The highest BCUT2D eigenvalue weighted by molar-refractivity contribution is 5.85. The van der Waals surface area contributed by atoms with Crippen LogP contribution in [0, 0.1) is 0 Å². The fourth-order valence-electron chi connectivity index (χ4n) is 2.95. The Kier molecular flexibility index (Phi) is 11.7. The number of carbonyl (C=O) groups excluding carboxylic acids is 1. The third kappa shape index (κ3) is 8.61. The zero-order valence-corrected chi connectivity index (χ0v) is 19.2. The minimum absolute atomic E-state index is 0. The van der Waals surface area contributed by atoms with E-state index in [4.69, 9.17) is 10.5 Å². The molecule has 3 aromatic rings. The summed E-state index contributed by atoms with van der Waals surface area (Å²) in [7, 11) is 0. The van der Waals surface area contributed by atoms with E-state index in [2.05, 4.69) is 29.4 Å². The Labute approximate surface area is 196 Å². The molecule has 1 amide bonds. The second-order valence-corrected chi connectivity index (χ2v) is 7.04. The van der Waals surface area contributed by atoms with Crippen LogP contribution < -0.4 is 15.8 Å². The Morgan fingerprint density at radius 3 is 2.48 bits per heavy atom. The fourth-order valence-corrected chi connectivity index (χ4v) is 2.95. The number of hydrogen-bond acceptors (Lipinski definition) is 4. The van der Waals surface area contributed by atoms with Gasteiger partial charge in [0.1, 0.15) is 5.75 Å². The molecule has 1 atom stereocenters.